The van der Waals surface area contributed by atoms with Crippen molar-refractivity contribution in [3.8, 4) is 5.75 Å². The van der Waals surface area contributed by atoms with Crippen molar-refractivity contribution in [1.82, 2.24) is 4.90 Å². The lowest BCUT2D eigenvalue weighted by molar-refractivity contribution is 0.0733. The van der Waals surface area contributed by atoms with Crippen LogP contribution in [0.4, 0.5) is 0 Å². The molecule has 0 bridgehead atoms. The summed E-state index contributed by atoms with van der Waals surface area (Å²) in [6, 6.07) is 4.85. The van der Waals surface area contributed by atoms with Crippen LogP contribution in [0.5, 0.6) is 5.75 Å². The van der Waals surface area contributed by atoms with Gasteiger partial charge in [-0.1, -0.05) is 12.2 Å². The zero-order chi connectivity index (χ0) is 13.9. The van der Waals surface area contributed by atoms with Crippen molar-refractivity contribution in [2.45, 2.75) is 19.9 Å². The van der Waals surface area contributed by atoms with E-state index >= 15 is 0 Å². The molecule has 0 radical (unpaired) electrons. The van der Waals surface area contributed by atoms with Crippen molar-refractivity contribution in [3.63, 3.8) is 0 Å². The molecule has 0 aliphatic rings. The van der Waals surface area contributed by atoms with E-state index in [1.807, 2.05) is 13.8 Å². The van der Waals surface area contributed by atoms with Crippen molar-refractivity contribution in [2.75, 3.05) is 6.54 Å². The first-order valence-electron chi connectivity index (χ1n) is 5.40. The van der Waals surface area contributed by atoms with Crippen LogP contribution in [0, 0.1) is 3.57 Å². The first kappa shape index (κ1) is 15.2. The van der Waals surface area contributed by atoms with Crippen LogP contribution in [0.2, 0.25) is 0 Å². The van der Waals surface area contributed by atoms with Gasteiger partial charge in [0.05, 0.1) is 17.1 Å². The van der Waals surface area contributed by atoms with E-state index in [2.05, 4.69) is 22.6 Å². The van der Waals surface area contributed by atoms with Gasteiger partial charge in [0.1, 0.15) is 5.75 Å². The zero-order valence-electron chi connectivity index (χ0n) is 10.2. The van der Waals surface area contributed by atoms with Crippen molar-refractivity contribution in [2.24, 2.45) is 5.73 Å². The Bertz CT molecular complexity index is 477. The zero-order valence-corrected chi connectivity index (χ0v) is 13.2. The number of carbonyl (C=O) groups is 1. The first-order valence-corrected chi connectivity index (χ1v) is 6.89. The minimum atomic E-state index is -0.270. The molecule has 0 spiro atoms. The molecular weight excluding hydrogens is 363 g/mol. The fraction of sp³-hybridized carbons (Fsp3) is 0.333. The number of hydrogen-bond donors (Lipinski definition) is 2. The summed E-state index contributed by atoms with van der Waals surface area (Å²) in [6.45, 7) is 3.96. The Kier molecular flexibility index (Phi) is 5.33. The highest BCUT2D eigenvalue weighted by Gasteiger charge is 2.22. The van der Waals surface area contributed by atoms with Crippen molar-refractivity contribution in [1.29, 1.82) is 0 Å². The molecule has 18 heavy (non-hydrogen) atoms. The van der Waals surface area contributed by atoms with E-state index < -0.39 is 0 Å². The summed E-state index contributed by atoms with van der Waals surface area (Å²) in [5.74, 6) is -0.303. The number of aromatic hydroxyl groups is 1. The molecule has 0 saturated heterocycles. The highest BCUT2D eigenvalue weighted by molar-refractivity contribution is 14.1. The second kappa shape index (κ2) is 6.33. The molecule has 1 aromatic rings. The van der Waals surface area contributed by atoms with Crippen LogP contribution in [0.25, 0.3) is 0 Å². The molecule has 0 unspecified atom stereocenters. The number of thiocarbonyl (C=S) groups is 1. The van der Waals surface area contributed by atoms with Crippen LogP contribution in [0.15, 0.2) is 18.2 Å². The topological polar surface area (TPSA) is 66.6 Å². The highest BCUT2D eigenvalue weighted by Crippen LogP contribution is 2.22. The lowest BCUT2D eigenvalue weighted by Crippen LogP contribution is -2.42. The van der Waals surface area contributed by atoms with Gasteiger partial charge in [0.25, 0.3) is 5.91 Å². The monoisotopic (exact) mass is 378 g/mol. The number of phenols is 1. The Morgan fingerprint density at radius 2 is 2.17 bits per heavy atom. The average molecular weight is 378 g/mol. The number of hydrogen-bond acceptors (Lipinski definition) is 3. The molecule has 1 aromatic carbocycles. The molecule has 0 fully saturated rings. The Hall–Kier alpha value is -0.890. The minimum absolute atomic E-state index is 0.0333. The standard InChI is InChI=1S/C12H15IN2O2S/c1-7(2)15(6-11(14)18)12(17)9-5-8(13)3-4-10(9)16/h3-5,7,16H,6H2,1-2H3,(H2,14,18). The summed E-state index contributed by atoms with van der Waals surface area (Å²) in [5.41, 5.74) is 5.76. The first-order chi connectivity index (χ1) is 8.32. The van der Waals surface area contributed by atoms with Crippen LogP contribution >= 0.6 is 34.8 Å². The summed E-state index contributed by atoms with van der Waals surface area (Å²) in [5, 5.41) is 9.76. The molecule has 4 nitrogen and oxygen atoms in total. The van der Waals surface area contributed by atoms with Crippen LogP contribution in [0.3, 0.4) is 0 Å². The van der Waals surface area contributed by atoms with Gasteiger partial charge >= 0.3 is 0 Å². The van der Waals surface area contributed by atoms with E-state index in [-0.39, 0.29) is 34.8 Å². The Morgan fingerprint density at radius 1 is 1.56 bits per heavy atom. The summed E-state index contributed by atoms with van der Waals surface area (Å²) in [4.78, 5) is 14.1. The molecule has 1 rings (SSSR count). The fourth-order valence-corrected chi connectivity index (χ4v) is 2.12. The molecule has 0 atom stereocenters. The number of carbonyl (C=O) groups excluding carboxylic acids is 1. The maximum Gasteiger partial charge on any atom is 0.258 e. The van der Waals surface area contributed by atoms with E-state index in [0.29, 0.717) is 0 Å². The Balaban J connectivity index is 3.09. The van der Waals surface area contributed by atoms with Gasteiger partial charge in [0.2, 0.25) is 0 Å². The molecule has 0 saturated carbocycles. The quantitative estimate of drug-likeness (QED) is 0.623. The van der Waals surface area contributed by atoms with Crippen LogP contribution in [0.1, 0.15) is 24.2 Å². The SMILES string of the molecule is CC(C)N(CC(N)=S)C(=O)c1cc(I)ccc1O. The third-order valence-corrected chi connectivity index (χ3v) is 3.20. The van der Waals surface area contributed by atoms with Crippen LogP contribution in [-0.2, 0) is 0 Å². The highest BCUT2D eigenvalue weighted by atomic mass is 127. The molecule has 0 aromatic heterocycles. The van der Waals surface area contributed by atoms with Gasteiger partial charge in [-0.2, -0.15) is 0 Å². The van der Waals surface area contributed by atoms with Crippen molar-refractivity contribution < 1.29 is 9.90 Å². The van der Waals surface area contributed by atoms with E-state index in [1.165, 1.54) is 11.0 Å². The largest absolute Gasteiger partial charge is 0.507 e. The Morgan fingerprint density at radius 3 is 2.67 bits per heavy atom. The van der Waals surface area contributed by atoms with Gasteiger partial charge in [-0.15, -0.1) is 0 Å². The number of halogens is 1. The molecule has 0 aliphatic carbocycles. The third-order valence-electron chi connectivity index (χ3n) is 2.40. The number of rotatable bonds is 4. The van der Waals surface area contributed by atoms with E-state index in [1.54, 1.807) is 12.1 Å². The third kappa shape index (κ3) is 3.81. The number of nitrogens with zero attached hydrogens (tertiary/aromatic N) is 1. The Labute approximate surface area is 125 Å². The van der Waals surface area contributed by atoms with Gasteiger partial charge in [-0.3, -0.25) is 4.79 Å². The molecular formula is C12H15IN2O2S. The van der Waals surface area contributed by atoms with Gasteiger partial charge in [0, 0.05) is 9.61 Å². The van der Waals surface area contributed by atoms with Crippen molar-refractivity contribution >= 4 is 45.7 Å². The van der Waals surface area contributed by atoms with Crippen LogP contribution < -0.4 is 5.73 Å². The van der Waals surface area contributed by atoms with Crippen molar-refractivity contribution in [3.05, 3.63) is 27.3 Å². The second-order valence-corrected chi connectivity index (χ2v) is 5.92. The summed E-state index contributed by atoms with van der Waals surface area (Å²) < 4.78 is 0.882. The van der Waals surface area contributed by atoms with Gasteiger partial charge in [-0.05, 0) is 54.6 Å². The summed E-state index contributed by atoms with van der Waals surface area (Å²) in [7, 11) is 0. The van der Waals surface area contributed by atoms with Gasteiger partial charge in [-0.25, -0.2) is 0 Å². The van der Waals surface area contributed by atoms with Crippen LogP contribution in [-0.4, -0.2) is 33.5 Å². The predicted octanol–water partition coefficient (Wildman–Crippen LogP) is 2.13. The molecule has 6 heteroatoms. The maximum atomic E-state index is 12.3. The average Bonchev–Trinajstić information content (AvgIpc) is 2.27. The smallest absolute Gasteiger partial charge is 0.258 e. The summed E-state index contributed by atoms with van der Waals surface area (Å²) in [6.07, 6.45) is 0. The lowest BCUT2D eigenvalue weighted by atomic mass is 10.1. The molecule has 1 amide bonds. The molecule has 0 heterocycles. The van der Waals surface area contributed by atoms with E-state index in [4.69, 9.17) is 18.0 Å². The molecule has 0 aliphatic heterocycles. The number of nitrogens with two attached hydrogens (primary N) is 1. The van der Waals surface area contributed by atoms with E-state index in [0.717, 1.165) is 3.57 Å². The van der Waals surface area contributed by atoms with Gasteiger partial charge in [0.15, 0.2) is 0 Å². The van der Waals surface area contributed by atoms with E-state index in [9.17, 15) is 9.90 Å². The molecule has 3 N–H and O–H groups in total. The normalized spacial score (nSPS) is 10.4. The number of amides is 1. The summed E-state index contributed by atoms with van der Waals surface area (Å²) >= 11 is 6.93. The van der Waals surface area contributed by atoms with Gasteiger partial charge < -0.3 is 15.7 Å². The lowest BCUT2D eigenvalue weighted by Gasteiger charge is -2.26. The maximum absolute atomic E-state index is 12.3. The number of benzene rings is 1. The predicted molar refractivity (Wildman–Crippen MR) is 83.8 cm³/mol. The second-order valence-electron chi connectivity index (χ2n) is 4.15. The molecule has 98 valence electrons. The number of phenolic OH excluding ortho intramolecular Hbond substituents is 1. The fourth-order valence-electron chi connectivity index (χ4n) is 1.49. The minimum Gasteiger partial charge on any atom is -0.507 e.